The normalized spacial score (nSPS) is 27.1. The van der Waals surface area contributed by atoms with E-state index in [-0.39, 0.29) is 0 Å². The summed E-state index contributed by atoms with van der Waals surface area (Å²) in [4.78, 5) is 13.9. The van der Waals surface area contributed by atoms with Gasteiger partial charge in [0.05, 0.1) is 10.8 Å². The summed E-state index contributed by atoms with van der Waals surface area (Å²) in [5, 5.41) is 0. The molecule has 0 bridgehead atoms. The molecule has 3 saturated carbocycles. The molecule has 0 radical (unpaired) electrons. The van der Waals surface area contributed by atoms with Gasteiger partial charge in [0, 0.05) is 0 Å². The number of rotatable bonds is 20. The molecular formula is C46H69FO. The Balaban J connectivity index is 1.00. The predicted octanol–water partition coefficient (Wildman–Crippen LogP) is 14.0. The molecule has 3 aliphatic carbocycles. The van der Waals surface area contributed by atoms with E-state index in [9.17, 15) is 4.79 Å². The summed E-state index contributed by atoms with van der Waals surface area (Å²) in [7, 11) is 0. The Kier molecular flexibility index (Phi) is 14.7. The fourth-order valence-corrected chi connectivity index (χ4v) is 9.91. The SMILES string of the molecule is CCCCCCCCCCc1ccc(C2CCC3(CC2)C(=O)C2(CCC(c4ccc(CCCCCCCCCC)cc4)CC2)C3F)cc1. The molecule has 3 fully saturated rings. The van der Waals surface area contributed by atoms with Gasteiger partial charge in [0.15, 0.2) is 5.78 Å². The van der Waals surface area contributed by atoms with Crippen molar-refractivity contribution in [1.82, 2.24) is 0 Å². The molecule has 2 spiro atoms. The van der Waals surface area contributed by atoms with Crippen LogP contribution in [0, 0.1) is 10.8 Å². The Morgan fingerprint density at radius 2 is 0.812 bits per heavy atom. The zero-order valence-electron chi connectivity index (χ0n) is 31.0. The number of carbonyl (C=O) groups excluding carboxylic acids is 1. The third-order valence-electron chi connectivity index (χ3n) is 13.2. The number of hydrogen-bond donors (Lipinski definition) is 0. The lowest BCUT2D eigenvalue weighted by Gasteiger charge is -2.61. The second-order valence-corrected chi connectivity index (χ2v) is 16.5. The number of benzene rings is 2. The largest absolute Gasteiger partial charge is 0.298 e. The lowest BCUT2D eigenvalue weighted by Crippen LogP contribution is -2.69. The third-order valence-corrected chi connectivity index (χ3v) is 13.2. The molecular weight excluding hydrogens is 588 g/mol. The van der Waals surface area contributed by atoms with Crippen LogP contribution in [-0.2, 0) is 17.6 Å². The van der Waals surface area contributed by atoms with E-state index in [1.54, 1.807) is 0 Å². The van der Waals surface area contributed by atoms with E-state index in [4.69, 9.17) is 0 Å². The van der Waals surface area contributed by atoms with Crippen molar-refractivity contribution in [2.24, 2.45) is 10.8 Å². The summed E-state index contributed by atoms with van der Waals surface area (Å²) < 4.78 is 16.3. The van der Waals surface area contributed by atoms with Crippen LogP contribution in [-0.4, -0.2) is 12.0 Å². The van der Waals surface area contributed by atoms with Crippen LogP contribution in [0.1, 0.15) is 202 Å². The van der Waals surface area contributed by atoms with Crippen molar-refractivity contribution in [1.29, 1.82) is 0 Å². The topological polar surface area (TPSA) is 17.1 Å². The van der Waals surface area contributed by atoms with E-state index < -0.39 is 17.0 Å². The molecule has 0 unspecified atom stereocenters. The molecule has 0 aromatic heterocycles. The van der Waals surface area contributed by atoms with Crippen LogP contribution in [0.15, 0.2) is 48.5 Å². The van der Waals surface area contributed by atoms with E-state index in [0.29, 0.717) is 17.6 Å². The second-order valence-electron chi connectivity index (χ2n) is 16.5. The van der Waals surface area contributed by atoms with Gasteiger partial charge in [0.25, 0.3) is 0 Å². The minimum atomic E-state index is -0.942. The Labute approximate surface area is 294 Å². The summed E-state index contributed by atoms with van der Waals surface area (Å²) >= 11 is 0. The average Bonchev–Trinajstić information content (AvgIpc) is 3.14. The van der Waals surface area contributed by atoms with Crippen molar-refractivity contribution < 1.29 is 9.18 Å². The maximum absolute atomic E-state index is 16.3. The first-order valence-electron chi connectivity index (χ1n) is 20.9. The predicted molar refractivity (Wildman–Crippen MR) is 203 cm³/mol. The fourth-order valence-electron chi connectivity index (χ4n) is 9.91. The monoisotopic (exact) mass is 657 g/mol. The van der Waals surface area contributed by atoms with Crippen molar-refractivity contribution in [3.05, 3.63) is 70.8 Å². The van der Waals surface area contributed by atoms with Crippen molar-refractivity contribution in [2.45, 2.75) is 199 Å². The van der Waals surface area contributed by atoms with Gasteiger partial charge in [-0.1, -0.05) is 152 Å². The Morgan fingerprint density at radius 3 is 1.12 bits per heavy atom. The summed E-state index contributed by atoms with van der Waals surface area (Å²) in [5.74, 6) is 1.23. The average molecular weight is 657 g/mol. The summed E-state index contributed by atoms with van der Waals surface area (Å²) in [6.07, 6.45) is 29.9. The molecule has 5 rings (SSSR count). The van der Waals surface area contributed by atoms with Crippen LogP contribution in [0.4, 0.5) is 4.39 Å². The van der Waals surface area contributed by atoms with Crippen molar-refractivity contribution in [3.8, 4) is 0 Å². The minimum absolute atomic E-state index is 0.292. The standard InChI is InChI=1S/C46H69FO/c1-3-5-7-9-11-13-15-17-19-37-21-25-39(26-22-37)41-29-33-45(34-30-41)43(47)46(44(45)48)35-31-42(32-36-46)40-27-23-38(24-28-40)20-18-16-14-12-10-8-6-4-2/h21-28,41-43H,3-20,29-36H2,1-2H3. The number of ketones is 1. The molecule has 0 atom stereocenters. The first kappa shape index (κ1) is 37.3. The number of hydrogen-bond acceptors (Lipinski definition) is 1. The number of halogens is 1. The Hall–Kier alpha value is -1.96. The summed E-state index contributed by atoms with van der Waals surface area (Å²) in [5.41, 5.74) is 4.31. The highest BCUT2D eigenvalue weighted by Crippen LogP contribution is 2.66. The molecule has 0 aliphatic heterocycles. The molecule has 3 aliphatic rings. The van der Waals surface area contributed by atoms with Gasteiger partial charge in [0.2, 0.25) is 0 Å². The molecule has 0 N–H and O–H groups in total. The van der Waals surface area contributed by atoms with Gasteiger partial charge < -0.3 is 0 Å². The molecule has 2 aromatic carbocycles. The third kappa shape index (κ3) is 9.23. The number of carbonyl (C=O) groups is 1. The Bertz CT molecular complexity index is 1100. The van der Waals surface area contributed by atoms with Crippen molar-refractivity contribution in [2.75, 3.05) is 0 Å². The van der Waals surface area contributed by atoms with Crippen molar-refractivity contribution in [3.63, 3.8) is 0 Å². The van der Waals surface area contributed by atoms with Crippen LogP contribution < -0.4 is 0 Å². The Morgan fingerprint density at radius 1 is 0.500 bits per heavy atom. The lowest BCUT2D eigenvalue weighted by molar-refractivity contribution is -0.191. The van der Waals surface area contributed by atoms with Gasteiger partial charge in [-0.2, -0.15) is 0 Å². The highest BCUT2D eigenvalue weighted by molar-refractivity contribution is 5.98. The van der Waals surface area contributed by atoms with E-state index in [2.05, 4.69) is 62.4 Å². The van der Waals surface area contributed by atoms with E-state index >= 15 is 4.39 Å². The zero-order valence-corrected chi connectivity index (χ0v) is 31.0. The minimum Gasteiger partial charge on any atom is -0.298 e. The van der Waals surface area contributed by atoms with E-state index in [1.165, 1.54) is 138 Å². The van der Waals surface area contributed by atoms with Gasteiger partial charge in [-0.15, -0.1) is 0 Å². The van der Waals surface area contributed by atoms with Gasteiger partial charge in [-0.3, -0.25) is 4.79 Å². The highest BCUT2D eigenvalue weighted by atomic mass is 19.1. The van der Waals surface area contributed by atoms with Gasteiger partial charge in [-0.05, 0) is 111 Å². The van der Waals surface area contributed by atoms with E-state index in [1.807, 2.05) is 0 Å². The first-order chi connectivity index (χ1) is 23.5. The number of alkyl halides is 1. The molecule has 0 saturated heterocycles. The molecule has 48 heavy (non-hydrogen) atoms. The van der Waals surface area contributed by atoms with Crippen LogP contribution in [0.5, 0.6) is 0 Å². The molecule has 2 heteroatoms. The fraction of sp³-hybridized carbons (Fsp3) is 0.717. The number of aryl methyl sites for hydroxylation is 2. The maximum Gasteiger partial charge on any atom is 0.151 e. The van der Waals surface area contributed by atoms with Crippen LogP contribution in [0.25, 0.3) is 0 Å². The van der Waals surface area contributed by atoms with Gasteiger partial charge in [-0.25, -0.2) is 4.39 Å². The zero-order chi connectivity index (χ0) is 33.7. The molecule has 0 amide bonds. The van der Waals surface area contributed by atoms with E-state index in [0.717, 1.165) is 51.4 Å². The molecule has 0 heterocycles. The van der Waals surface area contributed by atoms with Crippen molar-refractivity contribution >= 4 is 5.78 Å². The lowest BCUT2D eigenvalue weighted by atomic mass is 9.41. The molecule has 1 nitrogen and oxygen atoms in total. The summed E-state index contributed by atoms with van der Waals surface area (Å²) in [6.45, 7) is 4.56. The van der Waals surface area contributed by atoms with Gasteiger partial charge in [0.1, 0.15) is 6.17 Å². The smallest absolute Gasteiger partial charge is 0.151 e. The van der Waals surface area contributed by atoms with Crippen LogP contribution >= 0.6 is 0 Å². The number of unbranched alkanes of at least 4 members (excludes halogenated alkanes) is 14. The maximum atomic E-state index is 16.3. The molecule has 266 valence electrons. The second kappa shape index (κ2) is 18.9. The summed E-state index contributed by atoms with van der Waals surface area (Å²) in [6, 6.07) is 18.6. The quantitative estimate of drug-likeness (QED) is 0.130. The van der Waals surface area contributed by atoms with Crippen LogP contribution in [0.2, 0.25) is 0 Å². The van der Waals surface area contributed by atoms with Gasteiger partial charge >= 0.3 is 0 Å². The van der Waals surface area contributed by atoms with Crippen LogP contribution in [0.3, 0.4) is 0 Å². The number of Topliss-reactive ketones (excluding diaryl/α,β-unsaturated/α-hetero) is 1. The first-order valence-corrected chi connectivity index (χ1v) is 20.9. The molecule has 2 aromatic rings. The highest BCUT2D eigenvalue weighted by Gasteiger charge is 2.71.